The Morgan fingerprint density at radius 1 is 0.967 bits per heavy atom. The Hall–Kier alpha value is -2.82. The average Bonchev–Trinajstić information content (AvgIpc) is 3.20. The first-order valence-electron chi connectivity index (χ1n) is 10.8. The zero-order chi connectivity index (χ0) is 21.0. The van der Waals surface area contributed by atoms with E-state index in [4.69, 9.17) is 9.15 Å². The van der Waals surface area contributed by atoms with Gasteiger partial charge in [-0.1, -0.05) is 18.2 Å². The van der Waals surface area contributed by atoms with Gasteiger partial charge in [-0.2, -0.15) is 0 Å². The van der Waals surface area contributed by atoms with Crippen LogP contribution in [0.3, 0.4) is 0 Å². The summed E-state index contributed by atoms with van der Waals surface area (Å²) in [7, 11) is 0. The molecule has 1 amide bonds. The summed E-state index contributed by atoms with van der Waals surface area (Å²) >= 11 is 0. The first kappa shape index (κ1) is 19.2. The number of amides is 1. The number of Topliss-reactive ketones (excluding diaryl/α,β-unsaturated/α-hetero) is 1. The quantitative estimate of drug-likeness (QED) is 0.495. The van der Waals surface area contributed by atoms with Crippen LogP contribution in [0.1, 0.15) is 56.8 Å². The van der Waals surface area contributed by atoms with Crippen LogP contribution in [-0.2, 0) is 4.74 Å². The molecule has 0 aliphatic carbocycles. The number of hydrogen-bond donors (Lipinski definition) is 0. The van der Waals surface area contributed by atoms with Crippen molar-refractivity contribution in [3.05, 3.63) is 48.0 Å². The van der Waals surface area contributed by atoms with Gasteiger partial charge in [-0.25, -0.2) is 4.79 Å². The monoisotopic (exact) mass is 405 g/mol. The number of carbonyl (C=O) groups is 2. The highest BCUT2D eigenvalue weighted by atomic mass is 16.6. The predicted molar refractivity (Wildman–Crippen MR) is 116 cm³/mol. The van der Waals surface area contributed by atoms with E-state index in [0.717, 1.165) is 40.3 Å². The van der Waals surface area contributed by atoms with E-state index in [2.05, 4.69) is 0 Å². The number of piperidine rings is 1. The molecular weight excluding hydrogens is 378 g/mol. The molecule has 0 spiro atoms. The number of furan rings is 1. The predicted octanol–water partition coefficient (Wildman–Crippen LogP) is 5.95. The van der Waals surface area contributed by atoms with Crippen LogP contribution in [-0.4, -0.2) is 34.5 Å². The molecule has 2 aliphatic rings. The van der Waals surface area contributed by atoms with Crippen molar-refractivity contribution in [3.63, 3.8) is 0 Å². The molecule has 2 aliphatic heterocycles. The molecule has 3 aromatic rings. The molecule has 2 fully saturated rings. The molecule has 3 heterocycles. The van der Waals surface area contributed by atoms with Crippen LogP contribution in [0.2, 0.25) is 0 Å². The van der Waals surface area contributed by atoms with Crippen molar-refractivity contribution < 1.29 is 18.7 Å². The normalized spacial score (nSPS) is 23.8. The zero-order valence-corrected chi connectivity index (χ0v) is 17.7. The van der Waals surface area contributed by atoms with Gasteiger partial charge < -0.3 is 14.1 Å². The lowest BCUT2D eigenvalue weighted by atomic mass is 9.84. The number of fused-ring (bicyclic) bond motifs is 5. The van der Waals surface area contributed by atoms with Gasteiger partial charge in [-0.3, -0.25) is 4.79 Å². The summed E-state index contributed by atoms with van der Waals surface area (Å²) < 4.78 is 11.5. The number of ketones is 1. The largest absolute Gasteiger partial charge is 0.456 e. The van der Waals surface area contributed by atoms with Crippen LogP contribution in [0.4, 0.5) is 4.79 Å². The Morgan fingerprint density at radius 2 is 1.63 bits per heavy atom. The van der Waals surface area contributed by atoms with E-state index in [-0.39, 0.29) is 29.9 Å². The summed E-state index contributed by atoms with van der Waals surface area (Å²) in [6.07, 6.45) is 3.06. The van der Waals surface area contributed by atoms with Gasteiger partial charge in [0.2, 0.25) is 0 Å². The topological polar surface area (TPSA) is 59.8 Å². The Kier molecular flexibility index (Phi) is 4.38. The molecule has 2 saturated heterocycles. The summed E-state index contributed by atoms with van der Waals surface area (Å²) in [4.78, 5) is 27.9. The molecule has 5 heteroatoms. The van der Waals surface area contributed by atoms with Gasteiger partial charge in [0.05, 0.1) is 0 Å². The Morgan fingerprint density at radius 3 is 2.33 bits per heavy atom. The average molecular weight is 405 g/mol. The summed E-state index contributed by atoms with van der Waals surface area (Å²) in [6, 6.07) is 13.8. The van der Waals surface area contributed by atoms with Crippen molar-refractivity contribution >= 4 is 33.8 Å². The summed E-state index contributed by atoms with van der Waals surface area (Å²) in [5.41, 5.74) is 1.85. The minimum absolute atomic E-state index is 0.0585. The minimum Gasteiger partial charge on any atom is -0.456 e. The molecule has 5 rings (SSSR count). The molecule has 1 aromatic heterocycles. The van der Waals surface area contributed by atoms with E-state index in [0.29, 0.717) is 12.8 Å². The number of benzene rings is 2. The number of hydrogen-bond acceptors (Lipinski definition) is 4. The van der Waals surface area contributed by atoms with Crippen molar-refractivity contribution in [1.29, 1.82) is 0 Å². The minimum atomic E-state index is -0.508. The zero-order valence-electron chi connectivity index (χ0n) is 17.7. The van der Waals surface area contributed by atoms with E-state index in [9.17, 15) is 9.59 Å². The molecule has 0 saturated carbocycles. The number of rotatable bonds is 2. The maximum absolute atomic E-state index is 13.4. The van der Waals surface area contributed by atoms with Crippen molar-refractivity contribution in [2.24, 2.45) is 5.92 Å². The van der Waals surface area contributed by atoms with Gasteiger partial charge in [0.15, 0.2) is 5.78 Å². The van der Waals surface area contributed by atoms with Crippen LogP contribution in [0, 0.1) is 5.92 Å². The Bertz CT molecular complexity index is 1120. The third kappa shape index (κ3) is 3.26. The summed E-state index contributed by atoms with van der Waals surface area (Å²) in [5, 5.41) is 2.01. The van der Waals surface area contributed by atoms with E-state index >= 15 is 0 Å². The SMILES string of the molecule is CC(C)(C)OC(=O)N1C2CCC1CC(C(=O)c1ccc3oc4ccccc4c3c1)C2. The van der Waals surface area contributed by atoms with Gasteiger partial charge in [0.25, 0.3) is 0 Å². The van der Waals surface area contributed by atoms with Crippen molar-refractivity contribution in [3.8, 4) is 0 Å². The van der Waals surface area contributed by atoms with Crippen molar-refractivity contribution in [2.45, 2.75) is 64.1 Å². The highest BCUT2D eigenvalue weighted by Crippen LogP contribution is 2.41. The van der Waals surface area contributed by atoms with Crippen LogP contribution >= 0.6 is 0 Å². The molecule has 2 aromatic carbocycles. The maximum Gasteiger partial charge on any atom is 0.410 e. The first-order valence-corrected chi connectivity index (χ1v) is 10.8. The molecule has 0 N–H and O–H groups in total. The fourth-order valence-corrected chi connectivity index (χ4v) is 5.12. The van der Waals surface area contributed by atoms with E-state index < -0.39 is 5.60 Å². The van der Waals surface area contributed by atoms with Gasteiger partial charge in [0.1, 0.15) is 16.8 Å². The third-order valence-corrected chi connectivity index (χ3v) is 6.37. The van der Waals surface area contributed by atoms with Crippen LogP contribution in [0.15, 0.2) is 46.9 Å². The van der Waals surface area contributed by atoms with Gasteiger partial charge >= 0.3 is 6.09 Å². The van der Waals surface area contributed by atoms with E-state index in [1.165, 1.54) is 0 Å². The summed E-state index contributed by atoms with van der Waals surface area (Å²) in [5.74, 6) is 0.111. The van der Waals surface area contributed by atoms with Crippen molar-refractivity contribution in [1.82, 2.24) is 4.90 Å². The summed E-state index contributed by atoms with van der Waals surface area (Å²) in [6.45, 7) is 5.66. The Labute approximate surface area is 176 Å². The second kappa shape index (κ2) is 6.86. The number of para-hydroxylation sites is 1. The third-order valence-electron chi connectivity index (χ3n) is 6.37. The standard InChI is InChI=1S/C25H27NO4/c1-25(2,3)30-24(28)26-17-9-10-18(26)13-16(12-17)23(27)15-8-11-22-20(14-15)19-6-4-5-7-21(19)29-22/h4-8,11,14,16-18H,9-10,12-13H2,1-3H3. The number of nitrogens with zero attached hydrogens (tertiary/aromatic N) is 1. The molecule has 2 unspecified atom stereocenters. The highest BCUT2D eigenvalue weighted by Gasteiger charge is 2.46. The van der Waals surface area contributed by atoms with Crippen LogP contribution in [0.25, 0.3) is 21.9 Å². The van der Waals surface area contributed by atoms with Crippen LogP contribution in [0.5, 0.6) is 0 Å². The molecule has 2 bridgehead atoms. The fourth-order valence-electron chi connectivity index (χ4n) is 5.12. The van der Waals surface area contributed by atoms with Gasteiger partial charge in [-0.15, -0.1) is 0 Å². The lowest BCUT2D eigenvalue weighted by molar-refractivity contribution is 0.00254. The van der Waals surface area contributed by atoms with E-state index in [1.54, 1.807) is 0 Å². The smallest absolute Gasteiger partial charge is 0.410 e. The van der Waals surface area contributed by atoms with Gasteiger partial charge in [-0.05, 0) is 70.7 Å². The molecule has 30 heavy (non-hydrogen) atoms. The molecular formula is C25H27NO4. The lowest BCUT2D eigenvalue weighted by Crippen LogP contribution is -2.49. The van der Waals surface area contributed by atoms with Gasteiger partial charge in [0, 0.05) is 34.3 Å². The van der Waals surface area contributed by atoms with Crippen molar-refractivity contribution in [2.75, 3.05) is 0 Å². The number of ether oxygens (including phenoxy) is 1. The molecule has 2 atom stereocenters. The lowest BCUT2D eigenvalue weighted by Gasteiger charge is -2.39. The number of carbonyl (C=O) groups excluding carboxylic acids is 2. The first-order chi connectivity index (χ1) is 14.3. The Balaban J connectivity index is 1.38. The highest BCUT2D eigenvalue weighted by molar-refractivity contribution is 6.09. The maximum atomic E-state index is 13.4. The molecule has 156 valence electrons. The second-order valence-electron chi connectivity index (χ2n) is 9.61. The molecule has 0 radical (unpaired) electrons. The fraction of sp³-hybridized carbons (Fsp3) is 0.440. The second-order valence-corrected chi connectivity index (χ2v) is 9.61. The van der Waals surface area contributed by atoms with E-state index in [1.807, 2.05) is 68.1 Å². The molecule has 5 nitrogen and oxygen atoms in total. The van der Waals surface area contributed by atoms with Crippen LogP contribution < -0.4 is 0 Å².